The fourth-order valence-electron chi connectivity index (χ4n) is 2.37. The molecule has 1 aliphatic heterocycles. The number of hydrogen-bond donors (Lipinski definition) is 1. The van der Waals surface area contributed by atoms with E-state index in [0.717, 1.165) is 34.9 Å². The smallest absolute Gasteiger partial charge is 0.246 e. The molecular formula is C15H17N3OS. The van der Waals surface area contributed by atoms with Gasteiger partial charge in [-0.2, -0.15) is 0 Å². The van der Waals surface area contributed by atoms with Crippen LogP contribution >= 0.6 is 11.3 Å². The zero-order chi connectivity index (χ0) is 13.9. The van der Waals surface area contributed by atoms with Gasteiger partial charge in [0.15, 0.2) is 0 Å². The molecule has 2 heterocycles. The number of carbonyl (C=O) groups is 1. The number of nitrogens with one attached hydrogen (secondary N) is 1. The van der Waals surface area contributed by atoms with Crippen LogP contribution in [0, 0.1) is 0 Å². The summed E-state index contributed by atoms with van der Waals surface area (Å²) >= 11 is 1.61. The van der Waals surface area contributed by atoms with Crippen LogP contribution < -0.4 is 5.32 Å². The number of piperazine rings is 1. The molecule has 0 spiro atoms. The Morgan fingerprint density at radius 2 is 2.35 bits per heavy atom. The lowest BCUT2D eigenvalue weighted by molar-refractivity contribution is -0.128. The molecule has 104 valence electrons. The third-order valence-corrected chi connectivity index (χ3v) is 4.46. The number of rotatable bonds is 2. The zero-order valence-corrected chi connectivity index (χ0v) is 12.2. The van der Waals surface area contributed by atoms with Crippen LogP contribution in [0.4, 0.5) is 0 Å². The topological polar surface area (TPSA) is 45.2 Å². The number of benzene rings is 1. The molecule has 3 rings (SSSR count). The number of fused-ring (bicyclic) bond motifs is 1. The first kappa shape index (κ1) is 13.3. The maximum Gasteiger partial charge on any atom is 0.246 e. The van der Waals surface area contributed by atoms with Crippen LogP contribution in [-0.4, -0.2) is 41.5 Å². The van der Waals surface area contributed by atoms with Crippen LogP contribution in [0.5, 0.6) is 0 Å². The van der Waals surface area contributed by atoms with Crippen molar-refractivity contribution < 1.29 is 4.79 Å². The molecule has 5 heteroatoms. The van der Waals surface area contributed by atoms with E-state index in [2.05, 4.69) is 17.2 Å². The van der Waals surface area contributed by atoms with Gasteiger partial charge in [0.2, 0.25) is 5.91 Å². The fourth-order valence-corrected chi connectivity index (χ4v) is 3.24. The summed E-state index contributed by atoms with van der Waals surface area (Å²) in [6.07, 6.45) is 3.46. The van der Waals surface area contributed by atoms with Crippen LogP contribution in [0.1, 0.15) is 11.9 Å². The molecule has 1 N–H and O–H groups in total. The summed E-state index contributed by atoms with van der Waals surface area (Å²) in [7, 11) is 0. The number of nitrogens with zero attached hydrogens (tertiary/aromatic N) is 2. The van der Waals surface area contributed by atoms with E-state index in [9.17, 15) is 4.79 Å². The number of carbonyl (C=O) groups excluding carboxylic acids is 1. The van der Waals surface area contributed by atoms with Crippen LogP contribution in [0.15, 0.2) is 30.3 Å². The number of para-hydroxylation sites is 1. The third-order valence-electron chi connectivity index (χ3n) is 3.46. The van der Waals surface area contributed by atoms with Gasteiger partial charge in [0.1, 0.15) is 5.01 Å². The Balaban J connectivity index is 1.74. The second kappa shape index (κ2) is 5.73. The van der Waals surface area contributed by atoms with Crippen molar-refractivity contribution in [2.24, 2.45) is 0 Å². The van der Waals surface area contributed by atoms with E-state index in [0.29, 0.717) is 0 Å². The Bertz CT molecular complexity index is 616. The molecule has 1 aromatic carbocycles. The van der Waals surface area contributed by atoms with Gasteiger partial charge in [-0.15, -0.1) is 11.3 Å². The van der Waals surface area contributed by atoms with Gasteiger partial charge in [0.25, 0.3) is 0 Å². The highest BCUT2D eigenvalue weighted by molar-refractivity contribution is 7.19. The molecule has 1 amide bonds. The van der Waals surface area contributed by atoms with Crippen LogP contribution in [0.2, 0.25) is 0 Å². The molecule has 0 saturated carbocycles. The van der Waals surface area contributed by atoms with Crippen molar-refractivity contribution in [3.8, 4) is 0 Å². The van der Waals surface area contributed by atoms with E-state index >= 15 is 0 Å². The minimum atomic E-state index is 0.0678. The molecule has 1 aromatic heterocycles. The van der Waals surface area contributed by atoms with E-state index in [1.54, 1.807) is 17.4 Å². The first-order valence-corrected chi connectivity index (χ1v) is 7.60. The monoisotopic (exact) mass is 287 g/mol. The van der Waals surface area contributed by atoms with Crippen molar-refractivity contribution in [3.05, 3.63) is 35.3 Å². The summed E-state index contributed by atoms with van der Waals surface area (Å²) in [6, 6.07) is 8.26. The maximum absolute atomic E-state index is 12.2. The van der Waals surface area contributed by atoms with E-state index in [4.69, 9.17) is 0 Å². The summed E-state index contributed by atoms with van der Waals surface area (Å²) in [4.78, 5) is 18.6. The predicted molar refractivity (Wildman–Crippen MR) is 82.7 cm³/mol. The Labute approximate surface area is 122 Å². The van der Waals surface area contributed by atoms with Gasteiger partial charge in [-0.1, -0.05) is 12.1 Å². The number of amides is 1. The second-order valence-electron chi connectivity index (χ2n) is 4.94. The molecule has 1 saturated heterocycles. The van der Waals surface area contributed by atoms with Crippen molar-refractivity contribution in [1.29, 1.82) is 0 Å². The highest BCUT2D eigenvalue weighted by Gasteiger charge is 2.20. The standard InChI is InChI=1S/C15H17N3OS/c1-11-10-16-8-9-18(11)15(19)7-6-14-17-12-4-2-3-5-13(12)20-14/h2-7,11,16H,8-10H2,1H3. The zero-order valence-electron chi connectivity index (χ0n) is 11.4. The average Bonchev–Trinajstić information content (AvgIpc) is 2.88. The summed E-state index contributed by atoms with van der Waals surface area (Å²) in [5, 5.41) is 4.16. The van der Waals surface area contributed by atoms with Gasteiger partial charge in [0.05, 0.1) is 10.2 Å². The van der Waals surface area contributed by atoms with Gasteiger partial charge in [-0.05, 0) is 25.1 Å². The van der Waals surface area contributed by atoms with Gasteiger partial charge in [-0.3, -0.25) is 4.79 Å². The maximum atomic E-state index is 12.2. The molecule has 0 bridgehead atoms. The fraction of sp³-hybridized carbons (Fsp3) is 0.333. The molecule has 2 aromatic rings. The highest BCUT2D eigenvalue weighted by Crippen LogP contribution is 2.22. The van der Waals surface area contributed by atoms with E-state index in [1.807, 2.05) is 35.2 Å². The summed E-state index contributed by atoms with van der Waals surface area (Å²) in [5.74, 6) is 0.0678. The number of hydrogen-bond acceptors (Lipinski definition) is 4. The summed E-state index contributed by atoms with van der Waals surface area (Å²) < 4.78 is 1.15. The Hall–Kier alpha value is -1.72. The normalized spacial score (nSPS) is 19.9. The molecule has 0 radical (unpaired) electrons. The lowest BCUT2D eigenvalue weighted by Crippen LogP contribution is -2.51. The quantitative estimate of drug-likeness (QED) is 0.861. The molecule has 0 aliphatic carbocycles. The van der Waals surface area contributed by atoms with Gasteiger partial charge >= 0.3 is 0 Å². The third kappa shape index (κ3) is 2.73. The molecular weight excluding hydrogens is 270 g/mol. The van der Waals surface area contributed by atoms with E-state index in [1.165, 1.54) is 0 Å². The predicted octanol–water partition coefficient (Wildman–Crippen LogP) is 2.13. The lowest BCUT2D eigenvalue weighted by atomic mass is 10.2. The van der Waals surface area contributed by atoms with Gasteiger partial charge in [0, 0.05) is 31.8 Å². The van der Waals surface area contributed by atoms with Crippen molar-refractivity contribution in [3.63, 3.8) is 0 Å². The number of aromatic nitrogens is 1. The minimum Gasteiger partial charge on any atom is -0.334 e. The second-order valence-corrected chi connectivity index (χ2v) is 6.00. The molecule has 1 fully saturated rings. The van der Waals surface area contributed by atoms with Gasteiger partial charge in [-0.25, -0.2) is 4.98 Å². The van der Waals surface area contributed by atoms with Crippen LogP contribution in [0.3, 0.4) is 0 Å². The summed E-state index contributed by atoms with van der Waals surface area (Å²) in [6.45, 7) is 4.56. The van der Waals surface area contributed by atoms with E-state index in [-0.39, 0.29) is 11.9 Å². The molecule has 1 unspecified atom stereocenters. The van der Waals surface area contributed by atoms with Crippen LogP contribution in [-0.2, 0) is 4.79 Å². The van der Waals surface area contributed by atoms with Crippen LogP contribution in [0.25, 0.3) is 16.3 Å². The van der Waals surface area contributed by atoms with Crippen molar-refractivity contribution in [2.45, 2.75) is 13.0 Å². The first-order valence-electron chi connectivity index (χ1n) is 6.79. The molecule has 4 nitrogen and oxygen atoms in total. The SMILES string of the molecule is CC1CNCCN1C(=O)C=Cc1nc2ccccc2s1. The minimum absolute atomic E-state index is 0.0678. The number of thiazole rings is 1. The molecule has 1 atom stereocenters. The lowest BCUT2D eigenvalue weighted by Gasteiger charge is -2.33. The van der Waals surface area contributed by atoms with Crippen molar-refractivity contribution >= 4 is 33.5 Å². The van der Waals surface area contributed by atoms with Crippen molar-refractivity contribution in [1.82, 2.24) is 15.2 Å². The Morgan fingerprint density at radius 3 is 3.15 bits per heavy atom. The van der Waals surface area contributed by atoms with Crippen molar-refractivity contribution in [2.75, 3.05) is 19.6 Å². The average molecular weight is 287 g/mol. The molecule has 20 heavy (non-hydrogen) atoms. The first-order chi connectivity index (χ1) is 9.74. The van der Waals surface area contributed by atoms with E-state index < -0.39 is 0 Å². The molecule has 1 aliphatic rings. The Kier molecular flexibility index (Phi) is 3.80. The van der Waals surface area contributed by atoms with Gasteiger partial charge < -0.3 is 10.2 Å². The largest absolute Gasteiger partial charge is 0.334 e. The Morgan fingerprint density at radius 1 is 1.50 bits per heavy atom. The summed E-state index contributed by atoms with van der Waals surface area (Å²) in [5.41, 5.74) is 0.986. The highest BCUT2D eigenvalue weighted by atomic mass is 32.1.